The van der Waals surface area contributed by atoms with E-state index in [0.717, 1.165) is 24.6 Å². The molecule has 3 heterocycles. The molecule has 0 aromatic carbocycles. The lowest BCUT2D eigenvalue weighted by atomic mass is 10.1. The van der Waals surface area contributed by atoms with Crippen LogP contribution in [0.1, 0.15) is 5.69 Å². The zero-order valence-electron chi connectivity index (χ0n) is 8.06. The van der Waals surface area contributed by atoms with E-state index < -0.39 is 0 Å². The predicted octanol–water partition coefficient (Wildman–Crippen LogP) is 1.33. The minimum absolute atomic E-state index is 0.434. The van der Waals surface area contributed by atoms with Crippen molar-refractivity contribution in [2.24, 2.45) is 4.99 Å². The molecule has 1 saturated heterocycles. The van der Waals surface area contributed by atoms with Crippen LogP contribution in [0.3, 0.4) is 0 Å². The predicted molar refractivity (Wildman–Crippen MR) is 58.8 cm³/mol. The summed E-state index contributed by atoms with van der Waals surface area (Å²) in [5.74, 6) is 0. The molecule has 4 nitrogen and oxygen atoms in total. The van der Waals surface area contributed by atoms with Crippen LogP contribution in [0.15, 0.2) is 17.1 Å². The van der Waals surface area contributed by atoms with E-state index in [2.05, 4.69) is 14.9 Å². The molecular formula is C10H10ClN3O. The topological polar surface area (TPSA) is 37.7 Å². The highest BCUT2D eigenvalue weighted by Gasteiger charge is 2.28. The molecule has 15 heavy (non-hydrogen) atoms. The van der Waals surface area contributed by atoms with Gasteiger partial charge in [0.15, 0.2) is 0 Å². The van der Waals surface area contributed by atoms with E-state index in [4.69, 9.17) is 16.3 Å². The second-order valence-corrected chi connectivity index (χ2v) is 4.04. The average molecular weight is 224 g/mol. The van der Waals surface area contributed by atoms with Gasteiger partial charge < -0.3 is 9.64 Å². The van der Waals surface area contributed by atoms with E-state index in [1.807, 2.05) is 12.1 Å². The summed E-state index contributed by atoms with van der Waals surface area (Å²) in [6, 6.07) is 4.24. The van der Waals surface area contributed by atoms with Crippen molar-refractivity contribution in [2.75, 3.05) is 24.8 Å². The van der Waals surface area contributed by atoms with Crippen LogP contribution < -0.4 is 4.90 Å². The van der Waals surface area contributed by atoms with E-state index in [1.165, 1.54) is 0 Å². The molecule has 0 atom stereocenters. The summed E-state index contributed by atoms with van der Waals surface area (Å²) in [6.07, 6.45) is 1.78. The molecule has 0 saturated carbocycles. The molecule has 1 aromatic rings. The third kappa shape index (κ3) is 1.50. The first-order valence-electron chi connectivity index (χ1n) is 4.85. The molecule has 0 N–H and O–H groups in total. The average Bonchev–Trinajstić information content (AvgIpc) is 2.15. The Bertz CT molecular complexity index is 417. The minimum atomic E-state index is 0.434. The number of aromatic nitrogens is 1. The van der Waals surface area contributed by atoms with Gasteiger partial charge in [-0.05, 0) is 12.1 Å². The highest BCUT2D eigenvalue weighted by Crippen LogP contribution is 2.26. The fourth-order valence-corrected chi connectivity index (χ4v) is 1.94. The lowest BCUT2D eigenvalue weighted by Crippen LogP contribution is -2.50. The van der Waals surface area contributed by atoms with Gasteiger partial charge in [-0.15, -0.1) is 0 Å². The summed E-state index contributed by atoms with van der Waals surface area (Å²) in [5.41, 5.74) is 1.95. The monoisotopic (exact) mass is 223 g/mol. The Hall–Kier alpha value is -1.13. The summed E-state index contributed by atoms with van der Waals surface area (Å²) in [5, 5.41) is 0.506. The number of hydrogen-bond donors (Lipinski definition) is 0. The number of hydrogen-bond acceptors (Lipinski definition) is 4. The number of anilines is 1. The third-order valence-electron chi connectivity index (χ3n) is 2.69. The lowest BCUT2D eigenvalue weighted by Gasteiger charge is -2.39. The first-order chi connectivity index (χ1) is 7.34. The summed E-state index contributed by atoms with van der Waals surface area (Å²) in [6.45, 7) is 2.24. The number of rotatable bonds is 1. The lowest BCUT2D eigenvalue weighted by molar-refractivity contribution is 0.00818. The normalized spacial score (nSPS) is 19.9. The Morgan fingerprint density at radius 1 is 1.40 bits per heavy atom. The zero-order valence-corrected chi connectivity index (χ0v) is 8.81. The van der Waals surface area contributed by atoms with Gasteiger partial charge in [0.1, 0.15) is 17.5 Å². The minimum Gasteiger partial charge on any atom is -0.377 e. The van der Waals surface area contributed by atoms with Crippen molar-refractivity contribution in [1.82, 2.24) is 4.98 Å². The van der Waals surface area contributed by atoms with Crippen LogP contribution in [0.25, 0.3) is 0 Å². The molecule has 2 aliphatic heterocycles. The van der Waals surface area contributed by atoms with Crippen LogP contribution in [0.2, 0.25) is 5.15 Å². The van der Waals surface area contributed by atoms with E-state index in [1.54, 1.807) is 6.21 Å². The van der Waals surface area contributed by atoms with Crippen LogP contribution in [0.4, 0.5) is 5.69 Å². The second-order valence-electron chi connectivity index (χ2n) is 3.65. The van der Waals surface area contributed by atoms with Crippen molar-refractivity contribution in [3.8, 4) is 0 Å². The van der Waals surface area contributed by atoms with E-state index in [0.29, 0.717) is 17.9 Å². The van der Waals surface area contributed by atoms with Crippen molar-refractivity contribution in [1.29, 1.82) is 0 Å². The van der Waals surface area contributed by atoms with Gasteiger partial charge in [0.05, 0.1) is 31.2 Å². The molecule has 0 amide bonds. The Balaban J connectivity index is 1.99. The molecule has 1 aromatic heterocycles. The van der Waals surface area contributed by atoms with Gasteiger partial charge in [0, 0.05) is 0 Å². The molecule has 78 valence electrons. The number of aliphatic imine (C=N–C) groups is 1. The van der Waals surface area contributed by atoms with Crippen LogP contribution in [0, 0.1) is 0 Å². The van der Waals surface area contributed by atoms with Gasteiger partial charge in [0.2, 0.25) is 0 Å². The fourth-order valence-electron chi connectivity index (χ4n) is 1.79. The van der Waals surface area contributed by atoms with Crippen LogP contribution in [-0.4, -0.2) is 37.1 Å². The van der Waals surface area contributed by atoms with Gasteiger partial charge >= 0.3 is 0 Å². The van der Waals surface area contributed by atoms with Gasteiger partial charge in [-0.3, -0.25) is 4.99 Å². The van der Waals surface area contributed by atoms with Crippen molar-refractivity contribution in [2.45, 2.75) is 6.04 Å². The Labute approximate surface area is 92.5 Å². The molecule has 0 aliphatic carbocycles. The Morgan fingerprint density at radius 3 is 3.00 bits per heavy atom. The second kappa shape index (κ2) is 3.47. The van der Waals surface area contributed by atoms with Gasteiger partial charge in [0.25, 0.3) is 0 Å². The Kier molecular flexibility index (Phi) is 2.11. The molecule has 0 radical (unpaired) electrons. The van der Waals surface area contributed by atoms with Gasteiger partial charge in [-0.1, -0.05) is 11.6 Å². The highest BCUT2D eigenvalue weighted by molar-refractivity contribution is 6.29. The summed E-state index contributed by atoms with van der Waals surface area (Å²) in [7, 11) is 0. The number of nitrogens with zero attached hydrogens (tertiary/aromatic N) is 3. The van der Waals surface area contributed by atoms with Crippen LogP contribution in [0.5, 0.6) is 0 Å². The summed E-state index contributed by atoms with van der Waals surface area (Å²) >= 11 is 5.84. The van der Waals surface area contributed by atoms with Gasteiger partial charge in [-0.25, -0.2) is 4.98 Å². The summed E-state index contributed by atoms with van der Waals surface area (Å²) in [4.78, 5) is 10.7. The molecule has 0 unspecified atom stereocenters. The summed E-state index contributed by atoms with van der Waals surface area (Å²) < 4.78 is 5.19. The quantitative estimate of drug-likeness (QED) is 0.675. The van der Waals surface area contributed by atoms with Crippen LogP contribution in [-0.2, 0) is 4.74 Å². The molecule has 1 fully saturated rings. The third-order valence-corrected chi connectivity index (χ3v) is 2.90. The number of halogens is 1. The molecular weight excluding hydrogens is 214 g/mol. The number of ether oxygens (including phenoxy) is 1. The molecule has 0 bridgehead atoms. The number of pyridine rings is 1. The maximum atomic E-state index is 5.84. The van der Waals surface area contributed by atoms with Crippen molar-refractivity contribution in [3.63, 3.8) is 0 Å². The largest absolute Gasteiger partial charge is 0.377 e. The highest BCUT2D eigenvalue weighted by atomic mass is 35.5. The molecule has 5 heteroatoms. The molecule has 2 aliphatic rings. The van der Waals surface area contributed by atoms with Crippen molar-refractivity contribution in [3.05, 3.63) is 23.0 Å². The Morgan fingerprint density at radius 2 is 2.27 bits per heavy atom. The smallest absolute Gasteiger partial charge is 0.129 e. The van der Waals surface area contributed by atoms with E-state index in [9.17, 15) is 0 Å². The zero-order chi connectivity index (χ0) is 10.3. The number of fused-ring (bicyclic) bond motifs is 1. The van der Waals surface area contributed by atoms with Crippen molar-refractivity contribution < 1.29 is 4.74 Å². The van der Waals surface area contributed by atoms with Crippen LogP contribution >= 0.6 is 11.6 Å². The maximum Gasteiger partial charge on any atom is 0.129 e. The standard InChI is InChI=1S/C10H10ClN3O/c11-10-2-1-9-8(13-10)3-12-6-14(9)7-4-15-5-7/h1-3,7H,4-6H2. The molecule has 0 spiro atoms. The van der Waals surface area contributed by atoms with Gasteiger partial charge in [-0.2, -0.15) is 0 Å². The van der Waals surface area contributed by atoms with E-state index >= 15 is 0 Å². The maximum absolute atomic E-state index is 5.84. The van der Waals surface area contributed by atoms with Crippen molar-refractivity contribution >= 4 is 23.5 Å². The SMILES string of the molecule is Clc1ccc2c(n1)C=NCN2C1COC1. The first-order valence-corrected chi connectivity index (χ1v) is 5.23. The molecule has 3 rings (SSSR count). The first kappa shape index (κ1) is 9.12. The van der Waals surface area contributed by atoms with E-state index in [-0.39, 0.29) is 0 Å². The fraction of sp³-hybridized carbons (Fsp3) is 0.400.